The largest absolute Gasteiger partial charge is 0.376 e. The van der Waals surface area contributed by atoms with E-state index in [2.05, 4.69) is 0 Å². The minimum absolute atomic E-state index is 0.604. The van der Waals surface area contributed by atoms with Crippen LogP contribution in [0.15, 0.2) is 36.5 Å². The lowest BCUT2D eigenvalue weighted by molar-refractivity contribution is -0.681. The highest BCUT2D eigenvalue weighted by atomic mass is 35.5. The summed E-state index contributed by atoms with van der Waals surface area (Å²) < 4.78 is 3.61. The van der Waals surface area contributed by atoms with Crippen molar-refractivity contribution in [2.24, 2.45) is 14.1 Å². The molecule has 4 heteroatoms. The van der Waals surface area contributed by atoms with Gasteiger partial charge >= 0.3 is 0 Å². The molecule has 1 heterocycles. The van der Waals surface area contributed by atoms with Gasteiger partial charge in [-0.15, -0.1) is 0 Å². The number of benzene rings is 1. The number of hydrogen-bond donors (Lipinski definition) is 1. The summed E-state index contributed by atoms with van der Waals surface area (Å²) in [7, 11) is 3.71. The van der Waals surface area contributed by atoms with Crippen molar-refractivity contribution in [2.45, 2.75) is 6.10 Å². The lowest BCUT2D eigenvalue weighted by Gasteiger charge is -2.07. The Morgan fingerprint density at radius 2 is 1.94 bits per heavy atom. The Morgan fingerprint density at radius 1 is 1.31 bits per heavy atom. The quantitative estimate of drug-likeness (QED) is 0.790. The van der Waals surface area contributed by atoms with Crippen molar-refractivity contribution in [1.29, 1.82) is 0 Å². The van der Waals surface area contributed by atoms with Crippen LogP contribution in [0.5, 0.6) is 0 Å². The molecule has 0 aliphatic rings. The molecule has 0 saturated carbocycles. The second-order valence-corrected chi connectivity index (χ2v) is 4.18. The topological polar surface area (TPSA) is 29.0 Å². The van der Waals surface area contributed by atoms with Crippen LogP contribution in [0, 0.1) is 0 Å². The average Bonchev–Trinajstić information content (AvgIpc) is 2.54. The smallest absolute Gasteiger partial charge is 0.291 e. The van der Waals surface area contributed by atoms with Gasteiger partial charge in [-0.1, -0.05) is 30.3 Å². The molecule has 2 rings (SSSR count). The van der Waals surface area contributed by atoms with Gasteiger partial charge in [0.2, 0.25) is 5.15 Å². The summed E-state index contributed by atoms with van der Waals surface area (Å²) >= 11 is 6.00. The first-order chi connectivity index (χ1) is 7.61. The first-order valence-corrected chi connectivity index (χ1v) is 5.43. The van der Waals surface area contributed by atoms with Gasteiger partial charge in [0.1, 0.15) is 6.20 Å². The fourth-order valence-electron chi connectivity index (χ4n) is 1.82. The van der Waals surface area contributed by atoms with Crippen LogP contribution in [-0.2, 0) is 14.1 Å². The van der Waals surface area contributed by atoms with Crippen LogP contribution in [0.25, 0.3) is 0 Å². The zero-order valence-electron chi connectivity index (χ0n) is 9.26. The second-order valence-electron chi connectivity index (χ2n) is 3.79. The number of aromatic nitrogens is 2. The summed E-state index contributed by atoms with van der Waals surface area (Å²) in [6.07, 6.45) is 1.12. The number of imidazole rings is 1. The summed E-state index contributed by atoms with van der Waals surface area (Å²) in [6.45, 7) is 0. The number of aliphatic hydroxyl groups is 1. The molecule has 0 radical (unpaired) electrons. The monoisotopic (exact) mass is 237 g/mol. The van der Waals surface area contributed by atoms with Gasteiger partial charge in [0.25, 0.3) is 5.82 Å². The zero-order chi connectivity index (χ0) is 11.7. The third kappa shape index (κ3) is 1.84. The van der Waals surface area contributed by atoms with Crippen LogP contribution in [-0.4, -0.2) is 9.67 Å². The molecule has 0 fully saturated rings. The highest BCUT2D eigenvalue weighted by Gasteiger charge is 2.25. The summed E-state index contributed by atoms with van der Waals surface area (Å²) in [5, 5.41) is 10.9. The first-order valence-electron chi connectivity index (χ1n) is 5.05. The molecule has 2 aromatic rings. The number of aliphatic hydroxyl groups excluding tert-OH is 1. The maximum absolute atomic E-state index is 10.3. The molecule has 0 saturated heterocycles. The molecule has 0 aliphatic heterocycles. The second kappa shape index (κ2) is 4.28. The summed E-state index contributed by atoms with van der Waals surface area (Å²) in [5.74, 6) is 0.760. The van der Waals surface area contributed by atoms with Crippen molar-refractivity contribution < 1.29 is 9.67 Å². The number of halogens is 1. The predicted molar refractivity (Wildman–Crippen MR) is 62.1 cm³/mol. The molecule has 0 spiro atoms. The molecular weight excluding hydrogens is 224 g/mol. The van der Waals surface area contributed by atoms with Crippen molar-refractivity contribution in [3.8, 4) is 0 Å². The van der Waals surface area contributed by atoms with Gasteiger partial charge in [0, 0.05) is 0 Å². The van der Waals surface area contributed by atoms with E-state index in [0.29, 0.717) is 5.15 Å². The van der Waals surface area contributed by atoms with Gasteiger partial charge in [0.15, 0.2) is 6.10 Å². The lowest BCUT2D eigenvalue weighted by atomic mass is 10.1. The van der Waals surface area contributed by atoms with Crippen molar-refractivity contribution >= 4 is 11.6 Å². The molecule has 1 atom stereocenters. The average molecular weight is 238 g/mol. The van der Waals surface area contributed by atoms with Crippen LogP contribution >= 0.6 is 11.6 Å². The van der Waals surface area contributed by atoms with E-state index in [0.717, 1.165) is 11.4 Å². The van der Waals surface area contributed by atoms with Gasteiger partial charge in [-0.25, -0.2) is 9.13 Å². The zero-order valence-corrected chi connectivity index (χ0v) is 10.0. The molecule has 84 valence electrons. The number of rotatable bonds is 2. The van der Waals surface area contributed by atoms with Crippen LogP contribution in [0.1, 0.15) is 17.5 Å². The molecule has 1 unspecified atom stereocenters. The Labute approximate surface area is 99.5 Å². The third-order valence-electron chi connectivity index (χ3n) is 2.69. The Balaban J connectivity index is 2.45. The standard InChI is InChI=1S/C12H14ClN2O/c1-14-8-10(13)15(2)12(14)11(16)9-6-4-3-5-7-9/h3-8,11,16H,1-2H3/q+1. The number of hydrogen-bond acceptors (Lipinski definition) is 1. The Kier molecular flexibility index (Phi) is 2.99. The summed E-state index contributed by atoms with van der Waals surface area (Å²) in [6, 6.07) is 9.53. The fraction of sp³-hybridized carbons (Fsp3) is 0.250. The van der Waals surface area contributed by atoms with Crippen molar-refractivity contribution in [3.63, 3.8) is 0 Å². The summed E-state index contributed by atoms with van der Waals surface area (Å²) in [5.41, 5.74) is 0.857. The van der Waals surface area contributed by atoms with Crippen molar-refractivity contribution in [1.82, 2.24) is 4.57 Å². The van der Waals surface area contributed by atoms with E-state index in [4.69, 9.17) is 11.6 Å². The maximum atomic E-state index is 10.3. The number of aryl methyl sites for hydroxylation is 1. The van der Waals surface area contributed by atoms with E-state index in [1.807, 2.05) is 49.0 Å². The SMILES string of the molecule is Cn1c(Cl)c[n+](C)c1C(O)c1ccccc1. The molecule has 1 aromatic carbocycles. The summed E-state index contributed by atoms with van der Waals surface area (Å²) in [4.78, 5) is 0. The molecule has 16 heavy (non-hydrogen) atoms. The van der Waals surface area contributed by atoms with Gasteiger partial charge in [-0.05, 0) is 17.2 Å². The van der Waals surface area contributed by atoms with Gasteiger partial charge in [-0.2, -0.15) is 0 Å². The highest BCUT2D eigenvalue weighted by molar-refractivity contribution is 6.29. The van der Waals surface area contributed by atoms with E-state index < -0.39 is 6.10 Å². The van der Waals surface area contributed by atoms with E-state index >= 15 is 0 Å². The van der Waals surface area contributed by atoms with Crippen LogP contribution < -0.4 is 4.57 Å². The molecule has 3 nitrogen and oxygen atoms in total. The number of nitrogens with zero attached hydrogens (tertiary/aromatic N) is 2. The van der Waals surface area contributed by atoms with E-state index in [1.165, 1.54) is 0 Å². The predicted octanol–water partition coefficient (Wildman–Crippen LogP) is 1.58. The molecular formula is C12H14ClN2O+. The highest BCUT2D eigenvalue weighted by Crippen LogP contribution is 2.21. The first kappa shape index (κ1) is 11.2. The molecule has 0 aliphatic carbocycles. The van der Waals surface area contributed by atoms with Gasteiger partial charge in [-0.3, -0.25) is 0 Å². The Morgan fingerprint density at radius 3 is 2.44 bits per heavy atom. The Bertz CT molecular complexity index is 493. The van der Waals surface area contributed by atoms with Crippen LogP contribution in [0.3, 0.4) is 0 Å². The minimum atomic E-state index is -0.663. The van der Waals surface area contributed by atoms with E-state index in [9.17, 15) is 5.11 Å². The third-order valence-corrected chi connectivity index (χ3v) is 3.04. The van der Waals surface area contributed by atoms with Crippen molar-refractivity contribution in [3.05, 3.63) is 53.1 Å². The van der Waals surface area contributed by atoms with Crippen LogP contribution in [0.4, 0.5) is 0 Å². The molecule has 1 aromatic heterocycles. The lowest BCUT2D eigenvalue weighted by Crippen LogP contribution is -2.34. The maximum Gasteiger partial charge on any atom is 0.291 e. The van der Waals surface area contributed by atoms with Crippen LogP contribution in [0.2, 0.25) is 5.15 Å². The molecule has 0 amide bonds. The molecule has 1 N–H and O–H groups in total. The van der Waals surface area contributed by atoms with Gasteiger partial charge in [0.05, 0.1) is 14.1 Å². The van der Waals surface area contributed by atoms with E-state index in [1.54, 1.807) is 10.8 Å². The normalized spacial score (nSPS) is 12.8. The Hall–Kier alpha value is -1.32. The minimum Gasteiger partial charge on any atom is -0.376 e. The molecule has 0 bridgehead atoms. The fourth-order valence-corrected chi connectivity index (χ4v) is 2.05. The van der Waals surface area contributed by atoms with E-state index in [-0.39, 0.29) is 0 Å². The van der Waals surface area contributed by atoms with Crippen molar-refractivity contribution in [2.75, 3.05) is 0 Å². The van der Waals surface area contributed by atoms with Gasteiger partial charge < -0.3 is 5.11 Å².